The average Bonchev–Trinajstić information content (AvgIpc) is 3.16. The van der Waals surface area contributed by atoms with Crippen LogP contribution in [0.3, 0.4) is 0 Å². The van der Waals surface area contributed by atoms with E-state index in [1.54, 1.807) is 18.2 Å². The zero-order valence-corrected chi connectivity index (χ0v) is 16.5. The van der Waals surface area contributed by atoms with Crippen molar-refractivity contribution in [1.82, 2.24) is 10.1 Å². The number of hydrogen-bond donors (Lipinski definition) is 1. The maximum absolute atomic E-state index is 10.8. The van der Waals surface area contributed by atoms with Crippen LogP contribution in [-0.2, 0) is 11.2 Å². The number of carbonyl (C=O) groups is 1. The summed E-state index contributed by atoms with van der Waals surface area (Å²) in [5.74, 6) is 0.364. The number of ether oxygens (including phenoxy) is 1. The van der Waals surface area contributed by atoms with Crippen molar-refractivity contribution in [2.45, 2.75) is 39.7 Å². The van der Waals surface area contributed by atoms with Gasteiger partial charge in [0.1, 0.15) is 11.8 Å². The highest BCUT2D eigenvalue weighted by atomic mass is 16.5. The number of nitriles is 1. The molecule has 148 valence electrons. The first-order valence-electron chi connectivity index (χ1n) is 9.23. The first kappa shape index (κ1) is 20.1. The second-order valence-electron chi connectivity index (χ2n) is 7.01. The number of carboxylic acids is 1. The van der Waals surface area contributed by atoms with E-state index in [2.05, 4.69) is 16.2 Å². The van der Waals surface area contributed by atoms with Crippen molar-refractivity contribution >= 4 is 5.97 Å². The Labute approximate surface area is 168 Å². The minimum Gasteiger partial charge on any atom is -0.490 e. The Morgan fingerprint density at radius 3 is 2.72 bits per heavy atom. The smallest absolute Gasteiger partial charge is 0.303 e. The van der Waals surface area contributed by atoms with Crippen molar-refractivity contribution in [3.8, 4) is 34.7 Å². The normalized spacial score (nSPS) is 10.7. The van der Waals surface area contributed by atoms with E-state index in [1.807, 2.05) is 39.0 Å². The van der Waals surface area contributed by atoms with Crippen molar-refractivity contribution in [2.24, 2.45) is 0 Å². The van der Waals surface area contributed by atoms with Crippen LogP contribution in [0.1, 0.15) is 37.0 Å². The molecule has 29 heavy (non-hydrogen) atoms. The zero-order chi connectivity index (χ0) is 21.0. The fourth-order valence-electron chi connectivity index (χ4n) is 2.95. The lowest BCUT2D eigenvalue weighted by atomic mass is 10.0. The van der Waals surface area contributed by atoms with E-state index in [-0.39, 0.29) is 12.5 Å². The maximum atomic E-state index is 10.8. The fraction of sp³-hybridized carbons (Fsp3) is 0.273. The number of benzene rings is 2. The summed E-state index contributed by atoms with van der Waals surface area (Å²) in [6, 6.07) is 13.0. The molecule has 0 saturated heterocycles. The molecular formula is C22H21N3O4. The molecule has 0 aliphatic heterocycles. The van der Waals surface area contributed by atoms with Gasteiger partial charge in [0.25, 0.3) is 5.89 Å². The molecule has 1 heterocycles. The fourth-order valence-corrected chi connectivity index (χ4v) is 2.95. The van der Waals surface area contributed by atoms with Gasteiger partial charge >= 0.3 is 5.97 Å². The first-order chi connectivity index (χ1) is 13.9. The molecule has 0 amide bonds. The molecule has 3 rings (SSSR count). The molecule has 0 atom stereocenters. The second-order valence-corrected chi connectivity index (χ2v) is 7.01. The van der Waals surface area contributed by atoms with Gasteiger partial charge in [-0.1, -0.05) is 16.8 Å². The molecular weight excluding hydrogens is 370 g/mol. The highest BCUT2D eigenvalue weighted by molar-refractivity contribution is 5.67. The molecule has 0 fully saturated rings. The number of nitrogens with zero attached hydrogens (tertiary/aromatic N) is 3. The van der Waals surface area contributed by atoms with Crippen LogP contribution in [0.5, 0.6) is 5.75 Å². The van der Waals surface area contributed by atoms with Gasteiger partial charge in [-0.2, -0.15) is 10.2 Å². The molecule has 0 saturated carbocycles. The maximum Gasteiger partial charge on any atom is 0.303 e. The van der Waals surface area contributed by atoms with E-state index >= 15 is 0 Å². The summed E-state index contributed by atoms with van der Waals surface area (Å²) in [7, 11) is 0. The second kappa shape index (κ2) is 8.57. The van der Waals surface area contributed by atoms with Crippen LogP contribution >= 0.6 is 0 Å². The Balaban J connectivity index is 1.90. The Kier molecular flexibility index (Phi) is 5.93. The van der Waals surface area contributed by atoms with Gasteiger partial charge in [0.05, 0.1) is 11.7 Å². The van der Waals surface area contributed by atoms with E-state index in [1.165, 1.54) is 0 Å². The third-order valence-electron chi connectivity index (χ3n) is 4.16. The van der Waals surface area contributed by atoms with Gasteiger partial charge in [-0.05, 0) is 63.1 Å². The van der Waals surface area contributed by atoms with Crippen LogP contribution < -0.4 is 4.74 Å². The molecule has 1 N–H and O–H groups in total. The Morgan fingerprint density at radius 2 is 2.03 bits per heavy atom. The van der Waals surface area contributed by atoms with E-state index in [0.717, 1.165) is 16.7 Å². The molecule has 3 aromatic rings. The molecule has 0 unspecified atom stereocenters. The van der Waals surface area contributed by atoms with Crippen LogP contribution in [0.2, 0.25) is 0 Å². The van der Waals surface area contributed by atoms with Gasteiger partial charge < -0.3 is 14.4 Å². The summed E-state index contributed by atoms with van der Waals surface area (Å²) in [6.07, 6.45) is 0.444. The van der Waals surface area contributed by atoms with Crippen LogP contribution in [0.15, 0.2) is 40.9 Å². The molecule has 7 heteroatoms. The molecule has 0 spiro atoms. The largest absolute Gasteiger partial charge is 0.490 e. The summed E-state index contributed by atoms with van der Waals surface area (Å²) in [6.45, 7) is 5.72. The minimum atomic E-state index is -0.840. The standard InChI is InChI=1S/C22H21N3O4/c1-13(2)28-19-6-5-16(11-18(19)12-23)22-24-21(25-29-22)17-9-14(3)8-15(10-17)4-7-20(26)27/h5-6,8-11,13H,4,7H2,1-3H3,(H,26,27). The van der Waals surface area contributed by atoms with Crippen LogP contribution in [0.4, 0.5) is 0 Å². The number of carboxylic acid groups (broad SMARTS) is 1. The van der Waals surface area contributed by atoms with Crippen LogP contribution in [-0.4, -0.2) is 27.3 Å². The first-order valence-corrected chi connectivity index (χ1v) is 9.23. The highest BCUT2D eigenvalue weighted by Crippen LogP contribution is 2.28. The van der Waals surface area contributed by atoms with Crippen molar-refractivity contribution in [1.29, 1.82) is 5.26 Å². The lowest BCUT2D eigenvalue weighted by Crippen LogP contribution is -2.06. The van der Waals surface area contributed by atoms with Gasteiger partial charge in [0.2, 0.25) is 5.82 Å². The van der Waals surface area contributed by atoms with Gasteiger partial charge in [0, 0.05) is 17.5 Å². The summed E-state index contributed by atoms with van der Waals surface area (Å²) in [5, 5.41) is 22.3. The number of hydrogen-bond acceptors (Lipinski definition) is 6. The van der Waals surface area contributed by atoms with E-state index in [0.29, 0.717) is 35.0 Å². The van der Waals surface area contributed by atoms with Crippen LogP contribution in [0.25, 0.3) is 22.8 Å². The summed E-state index contributed by atoms with van der Waals surface area (Å²) < 4.78 is 11.0. The third kappa shape index (κ3) is 4.99. The van der Waals surface area contributed by atoms with Gasteiger partial charge in [-0.25, -0.2) is 0 Å². The predicted octanol–water partition coefficient (Wildman–Crippen LogP) is 4.39. The van der Waals surface area contributed by atoms with Crippen molar-refractivity contribution in [3.63, 3.8) is 0 Å². The number of aliphatic carboxylic acids is 1. The summed E-state index contributed by atoms with van der Waals surface area (Å²) in [5.41, 5.74) is 3.64. The molecule has 7 nitrogen and oxygen atoms in total. The monoisotopic (exact) mass is 391 g/mol. The van der Waals surface area contributed by atoms with E-state index in [9.17, 15) is 10.1 Å². The van der Waals surface area contributed by atoms with Crippen molar-refractivity contribution in [3.05, 3.63) is 53.1 Å². The SMILES string of the molecule is Cc1cc(CCC(=O)O)cc(-c2noc(-c3ccc(OC(C)C)c(C#N)c3)n2)c1. The van der Waals surface area contributed by atoms with Crippen molar-refractivity contribution in [2.75, 3.05) is 0 Å². The van der Waals surface area contributed by atoms with Crippen LogP contribution in [0, 0.1) is 18.3 Å². The average molecular weight is 391 g/mol. The molecule has 1 aromatic heterocycles. The number of aryl methyl sites for hydroxylation is 2. The lowest BCUT2D eigenvalue weighted by molar-refractivity contribution is -0.136. The van der Waals surface area contributed by atoms with Gasteiger partial charge in [-0.15, -0.1) is 0 Å². The zero-order valence-electron chi connectivity index (χ0n) is 16.5. The van der Waals surface area contributed by atoms with Gasteiger partial charge in [-0.3, -0.25) is 4.79 Å². The third-order valence-corrected chi connectivity index (χ3v) is 4.16. The quantitative estimate of drug-likeness (QED) is 0.636. The summed E-state index contributed by atoms with van der Waals surface area (Å²) in [4.78, 5) is 15.3. The Morgan fingerprint density at radius 1 is 1.24 bits per heavy atom. The predicted molar refractivity (Wildman–Crippen MR) is 106 cm³/mol. The molecule has 0 bridgehead atoms. The molecule has 0 radical (unpaired) electrons. The van der Waals surface area contributed by atoms with E-state index < -0.39 is 5.97 Å². The topological polar surface area (TPSA) is 109 Å². The molecule has 2 aromatic carbocycles. The highest BCUT2D eigenvalue weighted by Gasteiger charge is 2.15. The van der Waals surface area contributed by atoms with Gasteiger partial charge in [0.15, 0.2) is 0 Å². The summed E-state index contributed by atoms with van der Waals surface area (Å²) >= 11 is 0. The van der Waals surface area contributed by atoms with E-state index in [4.69, 9.17) is 14.4 Å². The Bertz CT molecular complexity index is 1080. The number of rotatable bonds is 7. The molecule has 0 aliphatic rings. The number of aromatic nitrogens is 2. The Hall–Kier alpha value is -3.66. The van der Waals surface area contributed by atoms with Crippen molar-refractivity contribution < 1.29 is 19.2 Å². The lowest BCUT2D eigenvalue weighted by Gasteiger charge is -2.11. The minimum absolute atomic E-state index is 0.0420. The molecule has 0 aliphatic carbocycles.